The van der Waals surface area contributed by atoms with Gasteiger partial charge in [0.1, 0.15) is 0 Å². The molecule has 4 heteroatoms. The molecule has 4 rings (SSSR count). The van der Waals surface area contributed by atoms with Gasteiger partial charge in [0.05, 0.1) is 0 Å². The van der Waals surface area contributed by atoms with Gasteiger partial charge in [-0.15, -0.1) is 11.3 Å². The molecule has 3 nitrogen and oxygen atoms in total. The van der Waals surface area contributed by atoms with E-state index in [1.54, 1.807) is 10.4 Å². The Morgan fingerprint density at radius 1 is 0.926 bits per heavy atom. The van der Waals surface area contributed by atoms with Crippen LogP contribution in [0.15, 0.2) is 41.8 Å². The maximum absolute atomic E-state index is 2.75. The molecule has 2 aliphatic heterocycles. The van der Waals surface area contributed by atoms with Gasteiger partial charge < -0.3 is 0 Å². The summed E-state index contributed by atoms with van der Waals surface area (Å²) in [6, 6.07) is 14.7. The molecule has 1 aromatic heterocycles. The fourth-order valence-corrected chi connectivity index (χ4v) is 5.43. The molecule has 0 amide bonds. The van der Waals surface area contributed by atoms with E-state index >= 15 is 0 Å². The zero-order valence-electron chi connectivity index (χ0n) is 16.8. The second-order valence-electron chi connectivity index (χ2n) is 8.36. The highest BCUT2D eigenvalue weighted by molar-refractivity contribution is 7.10. The van der Waals surface area contributed by atoms with Crippen molar-refractivity contribution >= 4 is 11.3 Å². The van der Waals surface area contributed by atoms with Gasteiger partial charge >= 0.3 is 0 Å². The topological polar surface area (TPSA) is 9.72 Å². The first-order valence-electron chi connectivity index (χ1n) is 10.5. The number of fused-ring (bicyclic) bond motifs is 1. The first kappa shape index (κ1) is 19.1. The molecule has 1 saturated heterocycles. The molecule has 0 radical (unpaired) electrons. The number of hydrogen-bond acceptors (Lipinski definition) is 4. The minimum Gasteiger partial charge on any atom is -0.299 e. The van der Waals surface area contributed by atoms with E-state index in [0.717, 1.165) is 13.0 Å². The van der Waals surface area contributed by atoms with Gasteiger partial charge in [0.25, 0.3) is 0 Å². The summed E-state index contributed by atoms with van der Waals surface area (Å²) in [6.45, 7) is 13.0. The first-order chi connectivity index (χ1) is 13.2. The summed E-state index contributed by atoms with van der Waals surface area (Å²) in [5.41, 5.74) is 3.04. The number of thiophene rings is 1. The van der Waals surface area contributed by atoms with Gasteiger partial charge in [-0.1, -0.05) is 30.3 Å². The molecule has 0 N–H and O–H groups in total. The fourth-order valence-electron chi connectivity index (χ4n) is 4.54. The Labute approximate surface area is 168 Å². The average molecular weight is 384 g/mol. The SMILES string of the molecule is CC(C)N1CCN(C[C@@H](Cc2ccccc2)N2CCc3sccc3C2)CC1. The van der Waals surface area contributed by atoms with Crippen molar-refractivity contribution in [3.8, 4) is 0 Å². The van der Waals surface area contributed by atoms with Gasteiger partial charge in [0.2, 0.25) is 0 Å². The molecule has 0 bridgehead atoms. The van der Waals surface area contributed by atoms with Crippen LogP contribution in [0.25, 0.3) is 0 Å². The first-order valence-corrected chi connectivity index (χ1v) is 11.4. The van der Waals surface area contributed by atoms with E-state index in [-0.39, 0.29) is 0 Å². The molecule has 2 aliphatic rings. The summed E-state index contributed by atoms with van der Waals surface area (Å²) in [4.78, 5) is 9.67. The Morgan fingerprint density at radius 3 is 2.44 bits per heavy atom. The molecule has 146 valence electrons. The second-order valence-corrected chi connectivity index (χ2v) is 9.36. The number of nitrogens with zero attached hydrogens (tertiary/aromatic N) is 3. The Kier molecular flexibility index (Phi) is 6.28. The maximum Gasteiger partial charge on any atom is 0.0267 e. The van der Waals surface area contributed by atoms with Crippen LogP contribution in [0.5, 0.6) is 0 Å². The van der Waals surface area contributed by atoms with Crippen LogP contribution in [0.1, 0.15) is 29.9 Å². The van der Waals surface area contributed by atoms with Crippen LogP contribution in [0.2, 0.25) is 0 Å². The number of benzene rings is 1. The van der Waals surface area contributed by atoms with Gasteiger partial charge in [-0.2, -0.15) is 0 Å². The van der Waals surface area contributed by atoms with Gasteiger partial charge in [-0.05, 0) is 49.3 Å². The normalized spacial score (nSPS) is 20.7. The molecule has 0 spiro atoms. The van der Waals surface area contributed by atoms with E-state index in [1.807, 2.05) is 11.3 Å². The molecule has 1 atom stereocenters. The van der Waals surface area contributed by atoms with Crippen LogP contribution >= 0.6 is 11.3 Å². The van der Waals surface area contributed by atoms with Crippen molar-refractivity contribution in [2.45, 2.75) is 45.3 Å². The predicted molar refractivity (Wildman–Crippen MR) is 116 cm³/mol. The Balaban J connectivity index is 1.44. The number of hydrogen-bond donors (Lipinski definition) is 0. The lowest BCUT2D eigenvalue weighted by Gasteiger charge is -2.41. The van der Waals surface area contributed by atoms with Crippen molar-refractivity contribution < 1.29 is 0 Å². The summed E-state index contributed by atoms with van der Waals surface area (Å²) < 4.78 is 0. The van der Waals surface area contributed by atoms with E-state index in [2.05, 4.69) is 70.3 Å². The number of rotatable bonds is 6. The van der Waals surface area contributed by atoms with Crippen molar-refractivity contribution in [1.29, 1.82) is 0 Å². The minimum absolute atomic E-state index is 0.603. The van der Waals surface area contributed by atoms with Gasteiger partial charge in [-0.25, -0.2) is 0 Å². The van der Waals surface area contributed by atoms with Crippen LogP contribution in [0.3, 0.4) is 0 Å². The van der Waals surface area contributed by atoms with E-state index in [4.69, 9.17) is 0 Å². The molecule has 0 saturated carbocycles. The van der Waals surface area contributed by atoms with Crippen LogP contribution in [-0.2, 0) is 19.4 Å². The zero-order chi connectivity index (χ0) is 18.6. The van der Waals surface area contributed by atoms with Crippen LogP contribution in [-0.4, -0.2) is 66.1 Å². The average Bonchev–Trinajstić information content (AvgIpc) is 3.16. The molecule has 3 heterocycles. The lowest BCUT2D eigenvalue weighted by atomic mass is 10.00. The molecular weight excluding hydrogens is 350 g/mol. The largest absolute Gasteiger partial charge is 0.299 e. The molecular formula is C23H33N3S. The van der Waals surface area contributed by atoms with Gasteiger partial charge in [0, 0.05) is 62.8 Å². The molecule has 27 heavy (non-hydrogen) atoms. The zero-order valence-corrected chi connectivity index (χ0v) is 17.6. The lowest BCUT2D eigenvalue weighted by Crippen LogP contribution is -2.53. The van der Waals surface area contributed by atoms with E-state index in [9.17, 15) is 0 Å². The highest BCUT2D eigenvalue weighted by Gasteiger charge is 2.28. The van der Waals surface area contributed by atoms with E-state index in [0.29, 0.717) is 12.1 Å². The second kappa shape index (κ2) is 8.87. The fraction of sp³-hybridized carbons (Fsp3) is 0.565. The lowest BCUT2D eigenvalue weighted by molar-refractivity contribution is 0.0722. The molecule has 1 aromatic carbocycles. The molecule has 0 unspecified atom stereocenters. The van der Waals surface area contributed by atoms with Crippen molar-refractivity contribution in [2.24, 2.45) is 0 Å². The van der Waals surface area contributed by atoms with Gasteiger partial charge in [-0.3, -0.25) is 14.7 Å². The third-order valence-electron chi connectivity index (χ3n) is 6.27. The predicted octanol–water partition coefficient (Wildman–Crippen LogP) is 3.74. The summed E-state index contributed by atoms with van der Waals surface area (Å²) in [6.07, 6.45) is 2.38. The van der Waals surface area contributed by atoms with Gasteiger partial charge in [0.15, 0.2) is 0 Å². The van der Waals surface area contributed by atoms with Crippen molar-refractivity contribution in [2.75, 3.05) is 39.3 Å². The molecule has 0 aliphatic carbocycles. The summed E-state index contributed by atoms with van der Waals surface area (Å²) in [7, 11) is 0. The Hall–Kier alpha value is -1.20. The van der Waals surface area contributed by atoms with Crippen LogP contribution in [0.4, 0.5) is 0 Å². The smallest absolute Gasteiger partial charge is 0.0267 e. The monoisotopic (exact) mass is 383 g/mol. The van der Waals surface area contributed by atoms with E-state index in [1.165, 1.54) is 51.3 Å². The highest BCUT2D eigenvalue weighted by atomic mass is 32.1. The quantitative estimate of drug-likeness (QED) is 0.752. The number of piperazine rings is 1. The van der Waals surface area contributed by atoms with E-state index < -0.39 is 0 Å². The highest BCUT2D eigenvalue weighted by Crippen LogP contribution is 2.26. The maximum atomic E-state index is 2.75. The van der Waals surface area contributed by atoms with Crippen molar-refractivity contribution in [1.82, 2.24) is 14.7 Å². The van der Waals surface area contributed by atoms with Crippen molar-refractivity contribution in [3.63, 3.8) is 0 Å². The summed E-state index contributed by atoms with van der Waals surface area (Å²) >= 11 is 1.94. The minimum atomic E-state index is 0.603. The van der Waals surface area contributed by atoms with Crippen molar-refractivity contribution in [3.05, 3.63) is 57.8 Å². The Bertz CT molecular complexity index is 703. The summed E-state index contributed by atoms with van der Waals surface area (Å²) in [5.74, 6) is 0. The Morgan fingerprint density at radius 2 is 1.70 bits per heavy atom. The third-order valence-corrected chi connectivity index (χ3v) is 7.30. The molecule has 2 aromatic rings. The molecule has 1 fully saturated rings. The standard InChI is InChI=1S/C23H33N3S/c1-19(2)25-13-11-24(12-14-25)18-22(16-20-6-4-3-5-7-20)26-10-8-23-21(17-26)9-15-27-23/h3-7,9,15,19,22H,8,10-14,16-18H2,1-2H3/t22-/m1/s1. The third kappa shape index (κ3) is 4.80. The van der Waals surface area contributed by atoms with Crippen LogP contribution < -0.4 is 0 Å². The summed E-state index contributed by atoms with van der Waals surface area (Å²) in [5, 5.41) is 2.27. The van der Waals surface area contributed by atoms with Crippen LogP contribution in [0, 0.1) is 0 Å².